The largest absolute Gasteiger partial charge is 0.497 e. The third-order valence-electron chi connectivity index (χ3n) is 8.04. The molecule has 0 spiro atoms. The molecule has 0 heterocycles. The molecule has 4 aromatic carbocycles. The molecule has 0 fully saturated rings. The van der Waals surface area contributed by atoms with E-state index in [2.05, 4.69) is 5.32 Å². The number of benzene rings is 4. The molecule has 0 unspecified atom stereocenters. The first kappa shape index (κ1) is 35.8. The van der Waals surface area contributed by atoms with Crippen LogP contribution < -0.4 is 23.8 Å². The Morgan fingerprint density at radius 2 is 1.42 bits per heavy atom. The fraction of sp³-hybridized carbons (Fsp3) is 0.297. The van der Waals surface area contributed by atoms with E-state index in [1.165, 1.54) is 31.3 Å². The number of anilines is 1. The number of methoxy groups -OCH3 is 3. The van der Waals surface area contributed by atoms with Gasteiger partial charge in [-0.05, 0) is 73.0 Å². The molecule has 0 saturated carbocycles. The van der Waals surface area contributed by atoms with E-state index in [1.54, 1.807) is 61.7 Å². The number of rotatable bonds is 16. The Kier molecular flexibility index (Phi) is 12.5. The standard InChI is InChI=1S/C37H43N3O7S/c1-6-27(2)38-37(42)34(24-28-13-8-7-9-14-28)39(25-29-15-12-16-31(23-29)46-4)36(41)26-40(33-17-10-11-18-35(33)47-5)48(43,44)32-21-19-30(45-3)20-22-32/h7-23,27,34H,6,24-26H2,1-5H3,(H,38,42)/t27-,34+/m1/s1. The van der Waals surface area contributed by atoms with E-state index in [1.807, 2.05) is 50.2 Å². The van der Waals surface area contributed by atoms with Crippen LogP contribution in [0.2, 0.25) is 0 Å². The Morgan fingerprint density at radius 1 is 0.771 bits per heavy atom. The minimum atomic E-state index is -4.32. The fourth-order valence-corrected chi connectivity index (χ4v) is 6.61. The Morgan fingerprint density at radius 3 is 2.06 bits per heavy atom. The van der Waals surface area contributed by atoms with Gasteiger partial charge in [-0.1, -0.05) is 61.5 Å². The summed E-state index contributed by atoms with van der Waals surface area (Å²) in [6, 6.07) is 28.0. The maximum Gasteiger partial charge on any atom is 0.264 e. The van der Waals surface area contributed by atoms with Crippen LogP contribution in [0.3, 0.4) is 0 Å². The number of carbonyl (C=O) groups excluding carboxylic acids is 2. The first-order chi connectivity index (χ1) is 23.1. The van der Waals surface area contributed by atoms with Gasteiger partial charge in [0.1, 0.15) is 29.8 Å². The molecule has 11 heteroatoms. The zero-order valence-electron chi connectivity index (χ0n) is 28.0. The number of amides is 2. The number of hydrogen-bond donors (Lipinski definition) is 1. The lowest BCUT2D eigenvalue weighted by Gasteiger charge is -2.34. The summed E-state index contributed by atoms with van der Waals surface area (Å²) in [5.74, 6) is 0.403. The number of hydrogen-bond acceptors (Lipinski definition) is 7. The smallest absolute Gasteiger partial charge is 0.264 e. The second-order valence-corrected chi connectivity index (χ2v) is 13.1. The number of para-hydroxylation sites is 2. The molecule has 0 bridgehead atoms. The Balaban J connectivity index is 1.84. The Bertz CT molecular complexity index is 1770. The van der Waals surface area contributed by atoms with Gasteiger partial charge in [-0.3, -0.25) is 13.9 Å². The molecule has 0 saturated heterocycles. The second-order valence-electron chi connectivity index (χ2n) is 11.3. The zero-order valence-corrected chi connectivity index (χ0v) is 28.8. The number of ether oxygens (including phenoxy) is 3. The third-order valence-corrected chi connectivity index (χ3v) is 9.81. The van der Waals surface area contributed by atoms with Gasteiger partial charge < -0.3 is 24.4 Å². The number of nitrogens with zero attached hydrogens (tertiary/aromatic N) is 2. The predicted molar refractivity (Wildman–Crippen MR) is 186 cm³/mol. The molecule has 1 N–H and O–H groups in total. The number of nitrogens with one attached hydrogen (secondary N) is 1. The molecule has 0 aliphatic heterocycles. The number of sulfonamides is 1. The van der Waals surface area contributed by atoms with Crippen molar-refractivity contribution in [2.24, 2.45) is 0 Å². The van der Waals surface area contributed by atoms with Gasteiger partial charge in [0.15, 0.2) is 0 Å². The van der Waals surface area contributed by atoms with Crippen molar-refractivity contribution < 1.29 is 32.2 Å². The summed E-state index contributed by atoms with van der Waals surface area (Å²) in [4.78, 5) is 30.1. The van der Waals surface area contributed by atoms with Gasteiger partial charge in [0.05, 0.1) is 31.9 Å². The normalized spacial score (nSPS) is 12.4. The summed E-state index contributed by atoms with van der Waals surface area (Å²) in [6.45, 7) is 3.27. The Labute approximate surface area is 283 Å². The van der Waals surface area contributed by atoms with Crippen molar-refractivity contribution >= 4 is 27.5 Å². The van der Waals surface area contributed by atoms with Crippen LogP contribution in [0.1, 0.15) is 31.4 Å². The van der Waals surface area contributed by atoms with Gasteiger partial charge in [-0.25, -0.2) is 8.42 Å². The Hall–Kier alpha value is -5.03. The van der Waals surface area contributed by atoms with Crippen LogP contribution >= 0.6 is 0 Å². The monoisotopic (exact) mass is 673 g/mol. The molecular formula is C37H43N3O7S. The van der Waals surface area contributed by atoms with E-state index in [9.17, 15) is 18.0 Å². The summed E-state index contributed by atoms with van der Waals surface area (Å²) < 4.78 is 45.9. The summed E-state index contributed by atoms with van der Waals surface area (Å²) >= 11 is 0. The van der Waals surface area contributed by atoms with E-state index in [0.29, 0.717) is 23.5 Å². The van der Waals surface area contributed by atoms with E-state index >= 15 is 0 Å². The average molecular weight is 674 g/mol. The van der Waals surface area contributed by atoms with Crippen molar-refractivity contribution in [2.75, 3.05) is 32.2 Å². The maximum absolute atomic E-state index is 14.7. The summed E-state index contributed by atoms with van der Waals surface area (Å²) in [7, 11) is 0.152. The van der Waals surface area contributed by atoms with Crippen molar-refractivity contribution in [1.29, 1.82) is 0 Å². The lowest BCUT2D eigenvalue weighted by Crippen LogP contribution is -2.54. The highest BCUT2D eigenvalue weighted by Gasteiger charge is 2.36. The lowest BCUT2D eigenvalue weighted by molar-refractivity contribution is -0.140. The minimum Gasteiger partial charge on any atom is -0.497 e. The van der Waals surface area contributed by atoms with Crippen molar-refractivity contribution in [3.8, 4) is 17.2 Å². The molecule has 2 amide bonds. The topological polar surface area (TPSA) is 114 Å². The molecule has 0 aliphatic rings. The predicted octanol–water partition coefficient (Wildman–Crippen LogP) is 5.46. The molecule has 0 radical (unpaired) electrons. The lowest BCUT2D eigenvalue weighted by atomic mass is 10.0. The van der Waals surface area contributed by atoms with Crippen molar-refractivity contribution in [2.45, 2.75) is 50.2 Å². The molecule has 48 heavy (non-hydrogen) atoms. The SMILES string of the molecule is CC[C@@H](C)NC(=O)[C@H](Cc1ccccc1)N(Cc1cccc(OC)c1)C(=O)CN(c1ccccc1OC)S(=O)(=O)c1ccc(OC)cc1. The summed E-state index contributed by atoms with van der Waals surface area (Å²) in [5.41, 5.74) is 1.73. The summed E-state index contributed by atoms with van der Waals surface area (Å²) in [5, 5.41) is 3.04. The maximum atomic E-state index is 14.7. The highest BCUT2D eigenvalue weighted by atomic mass is 32.2. The van der Waals surface area contributed by atoms with Crippen molar-refractivity contribution in [3.05, 3.63) is 114 Å². The molecule has 4 rings (SSSR count). The number of carbonyl (C=O) groups is 2. The first-order valence-electron chi connectivity index (χ1n) is 15.7. The molecule has 0 aromatic heterocycles. The molecular weight excluding hydrogens is 630 g/mol. The van der Waals surface area contributed by atoms with Crippen LogP contribution in [0.4, 0.5) is 5.69 Å². The van der Waals surface area contributed by atoms with Gasteiger partial charge >= 0.3 is 0 Å². The molecule has 0 aliphatic carbocycles. The van der Waals surface area contributed by atoms with Crippen LogP contribution in [-0.4, -0.2) is 65.1 Å². The average Bonchev–Trinajstić information content (AvgIpc) is 3.12. The van der Waals surface area contributed by atoms with Gasteiger partial charge in [0, 0.05) is 19.0 Å². The minimum absolute atomic E-state index is 0.0177. The summed E-state index contributed by atoms with van der Waals surface area (Å²) in [6.07, 6.45) is 0.897. The van der Waals surface area contributed by atoms with Crippen LogP contribution in [0.5, 0.6) is 17.2 Å². The zero-order chi connectivity index (χ0) is 34.7. The van der Waals surface area contributed by atoms with E-state index < -0.39 is 28.5 Å². The van der Waals surface area contributed by atoms with E-state index in [-0.39, 0.29) is 41.2 Å². The molecule has 254 valence electrons. The van der Waals surface area contributed by atoms with Gasteiger partial charge in [0.25, 0.3) is 10.0 Å². The van der Waals surface area contributed by atoms with Crippen LogP contribution in [0.15, 0.2) is 108 Å². The molecule has 10 nitrogen and oxygen atoms in total. The van der Waals surface area contributed by atoms with E-state index in [4.69, 9.17) is 14.2 Å². The first-order valence-corrected chi connectivity index (χ1v) is 17.1. The highest BCUT2D eigenvalue weighted by molar-refractivity contribution is 7.92. The third kappa shape index (κ3) is 8.86. The van der Waals surface area contributed by atoms with Gasteiger partial charge in [0.2, 0.25) is 11.8 Å². The van der Waals surface area contributed by atoms with Crippen LogP contribution in [-0.2, 0) is 32.6 Å². The van der Waals surface area contributed by atoms with Crippen molar-refractivity contribution in [1.82, 2.24) is 10.2 Å². The molecule has 2 atom stereocenters. The fourth-order valence-electron chi connectivity index (χ4n) is 5.19. The second kappa shape index (κ2) is 16.7. The van der Waals surface area contributed by atoms with E-state index in [0.717, 1.165) is 9.87 Å². The highest BCUT2D eigenvalue weighted by Crippen LogP contribution is 2.33. The molecule has 4 aromatic rings. The van der Waals surface area contributed by atoms with Crippen LogP contribution in [0.25, 0.3) is 0 Å². The van der Waals surface area contributed by atoms with Gasteiger partial charge in [-0.15, -0.1) is 0 Å². The van der Waals surface area contributed by atoms with Crippen LogP contribution in [0, 0.1) is 0 Å². The quantitative estimate of drug-likeness (QED) is 0.168. The van der Waals surface area contributed by atoms with Crippen molar-refractivity contribution in [3.63, 3.8) is 0 Å². The van der Waals surface area contributed by atoms with Gasteiger partial charge in [-0.2, -0.15) is 0 Å².